The van der Waals surface area contributed by atoms with Crippen LogP contribution in [0.5, 0.6) is 5.75 Å². The van der Waals surface area contributed by atoms with Gasteiger partial charge in [0.1, 0.15) is 0 Å². The van der Waals surface area contributed by atoms with Crippen LogP contribution in [0.3, 0.4) is 0 Å². The second kappa shape index (κ2) is 7.98. The predicted molar refractivity (Wildman–Crippen MR) is 104 cm³/mol. The molecule has 0 saturated carbocycles. The summed E-state index contributed by atoms with van der Waals surface area (Å²) < 4.78 is 11.1. The molecule has 1 aromatic carbocycles. The van der Waals surface area contributed by atoms with Crippen molar-refractivity contribution in [1.29, 1.82) is 0 Å². The average molecular weight is 384 g/mol. The van der Waals surface area contributed by atoms with Crippen LogP contribution in [0.15, 0.2) is 41.3 Å². The number of ether oxygens (including phenoxy) is 2. The third kappa shape index (κ3) is 3.84. The minimum absolute atomic E-state index is 0.134. The highest BCUT2D eigenvalue weighted by molar-refractivity contribution is 6.21. The third-order valence-corrected chi connectivity index (χ3v) is 4.51. The summed E-state index contributed by atoms with van der Waals surface area (Å²) in [4.78, 5) is 41.5. The van der Waals surface area contributed by atoms with E-state index in [-0.39, 0.29) is 36.2 Å². The van der Waals surface area contributed by atoms with E-state index in [4.69, 9.17) is 9.47 Å². The van der Waals surface area contributed by atoms with Crippen molar-refractivity contribution < 1.29 is 19.1 Å². The lowest BCUT2D eigenvalue weighted by Gasteiger charge is -2.33. The van der Waals surface area contributed by atoms with Crippen molar-refractivity contribution in [3.63, 3.8) is 0 Å². The maximum absolute atomic E-state index is 12.6. The molecule has 0 bridgehead atoms. The summed E-state index contributed by atoms with van der Waals surface area (Å²) in [5.74, 6) is -0.364. The van der Waals surface area contributed by atoms with Crippen molar-refractivity contribution in [2.75, 3.05) is 13.2 Å². The molecule has 7 nitrogen and oxygen atoms in total. The lowest BCUT2D eigenvalue weighted by atomic mass is 10.0. The molecule has 0 atom stereocenters. The Kier molecular flexibility index (Phi) is 5.65. The molecule has 1 aromatic heterocycles. The number of hydrogen-bond donors (Lipinski definition) is 1. The molecule has 0 fully saturated rings. The number of nitrogens with one attached hydrogen (secondary N) is 1. The number of carbonyl (C=O) groups excluding carboxylic acids is 2. The average Bonchev–Trinajstić information content (AvgIpc) is 2.92. The van der Waals surface area contributed by atoms with E-state index in [1.165, 1.54) is 17.2 Å². The lowest BCUT2D eigenvalue weighted by Crippen LogP contribution is -2.50. The number of pyridine rings is 1. The molecular weight excluding hydrogens is 360 g/mol. The Morgan fingerprint density at radius 3 is 2.29 bits per heavy atom. The summed E-state index contributed by atoms with van der Waals surface area (Å²) in [5.41, 5.74) is 0.357. The fraction of sp³-hybridized carbons (Fsp3) is 0.381. The molecule has 0 radical (unpaired) electrons. The second-order valence-electron chi connectivity index (χ2n) is 7.33. The van der Waals surface area contributed by atoms with E-state index >= 15 is 0 Å². The molecule has 7 heteroatoms. The number of fused-ring (bicyclic) bond motifs is 1. The second-order valence-corrected chi connectivity index (χ2v) is 7.33. The van der Waals surface area contributed by atoms with Gasteiger partial charge in [-0.25, -0.2) is 0 Å². The molecule has 1 N–H and O–H groups in total. The van der Waals surface area contributed by atoms with Gasteiger partial charge in [-0.2, -0.15) is 0 Å². The van der Waals surface area contributed by atoms with E-state index in [9.17, 15) is 14.4 Å². The molecule has 2 aromatic rings. The van der Waals surface area contributed by atoms with Crippen LogP contribution in [0.2, 0.25) is 0 Å². The van der Waals surface area contributed by atoms with Crippen LogP contribution >= 0.6 is 0 Å². The first-order chi connectivity index (χ1) is 13.3. The number of aromatic nitrogens is 1. The summed E-state index contributed by atoms with van der Waals surface area (Å²) in [6.45, 7) is 6.28. The molecule has 0 unspecified atom stereocenters. The van der Waals surface area contributed by atoms with Gasteiger partial charge in [-0.15, -0.1) is 0 Å². The Labute approximate surface area is 163 Å². The maximum atomic E-state index is 12.6. The van der Waals surface area contributed by atoms with Gasteiger partial charge in [0, 0.05) is 18.0 Å². The summed E-state index contributed by atoms with van der Waals surface area (Å²) >= 11 is 0. The van der Waals surface area contributed by atoms with Gasteiger partial charge in [0.15, 0.2) is 5.75 Å². The Balaban J connectivity index is 1.63. The molecule has 0 spiro atoms. The first-order valence-corrected chi connectivity index (χ1v) is 9.25. The highest BCUT2D eigenvalue weighted by atomic mass is 16.5. The zero-order valence-electron chi connectivity index (χ0n) is 16.3. The van der Waals surface area contributed by atoms with E-state index < -0.39 is 5.54 Å². The first kappa shape index (κ1) is 19.8. The van der Waals surface area contributed by atoms with Crippen molar-refractivity contribution in [2.24, 2.45) is 0 Å². The fourth-order valence-electron chi connectivity index (χ4n) is 3.12. The quantitative estimate of drug-likeness (QED) is 0.707. The van der Waals surface area contributed by atoms with Gasteiger partial charge in [-0.1, -0.05) is 19.1 Å². The van der Waals surface area contributed by atoms with Crippen molar-refractivity contribution in [1.82, 2.24) is 9.88 Å². The molecule has 28 heavy (non-hydrogen) atoms. The summed E-state index contributed by atoms with van der Waals surface area (Å²) in [5, 5.41) is 0. The predicted octanol–water partition coefficient (Wildman–Crippen LogP) is 2.76. The number of benzene rings is 1. The smallest absolute Gasteiger partial charge is 0.262 e. The first-order valence-electron chi connectivity index (χ1n) is 9.25. The highest BCUT2D eigenvalue weighted by Gasteiger charge is 2.43. The lowest BCUT2D eigenvalue weighted by molar-refractivity contribution is 0.0111. The number of imide groups is 1. The molecule has 0 aliphatic carbocycles. The van der Waals surface area contributed by atoms with Gasteiger partial charge < -0.3 is 14.5 Å². The minimum atomic E-state index is -0.836. The highest BCUT2D eigenvalue weighted by Crippen LogP contribution is 2.29. The maximum Gasteiger partial charge on any atom is 0.262 e. The molecule has 1 aliphatic rings. The van der Waals surface area contributed by atoms with Crippen molar-refractivity contribution in [3.8, 4) is 5.75 Å². The van der Waals surface area contributed by atoms with E-state index in [1.54, 1.807) is 38.1 Å². The monoisotopic (exact) mass is 384 g/mol. The number of nitrogens with zero attached hydrogens (tertiary/aromatic N) is 1. The molecule has 3 rings (SSSR count). The molecule has 2 amide bonds. The standard InChI is InChI=1S/C21H24N2O5/c1-4-9-28-18-11-22-14(10-17(18)24)12-27-13-21(2,3)23-19(25)15-7-5-6-8-16(15)20(23)26/h5-8,10-11H,4,9,12-13H2,1-3H3,(H,22,24). The molecule has 148 valence electrons. The summed E-state index contributed by atoms with van der Waals surface area (Å²) in [6.07, 6.45) is 2.34. The number of H-pyrrole nitrogens is 1. The minimum Gasteiger partial charge on any atom is -0.488 e. The number of aromatic amines is 1. The van der Waals surface area contributed by atoms with Crippen LogP contribution < -0.4 is 10.2 Å². The molecule has 0 saturated heterocycles. The van der Waals surface area contributed by atoms with Crippen molar-refractivity contribution in [3.05, 3.63) is 63.6 Å². The van der Waals surface area contributed by atoms with Crippen LogP contribution in [0, 0.1) is 0 Å². The number of hydrogen-bond acceptors (Lipinski definition) is 5. The molecule has 2 heterocycles. The van der Waals surface area contributed by atoms with Gasteiger partial charge in [0.2, 0.25) is 5.43 Å². The van der Waals surface area contributed by atoms with Crippen LogP contribution in [0.4, 0.5) is 0 Å². The molecular formula is C21H24N2O5. The van der Waals surface area contributed by atoms with Crippen LogP contribution in [-0.4, -0.2) is 40.5 Å². The van der Waals surface area contributed by atoms with Crippen LogP contribution in [-0.2, 0) is 11.3 Å². The Hall–Kier alpha value is -2.93. The number of carbonyl (C=O) groups is 2. The fourth-order valence-corrected chi connectivity index (χ4v) is 3.12. The number of rotatable bonds is 8. The Morgan fingerprint density at radius 1 is 1.07 bits per heavy atom. The van der Waals surface area contributed by atoms with Crippen LogP contribution in [0.1, 0.15) is 53.6 Å². The van der Waals surface area contributed by atoms with Crippen molar-refractivity contribution in [2.45, 2.75) is 39.3 Å². The normalized spacial score (nSPS) is 13.8. The zero-order valence-corrected chi connectivity index (χ0v) is 16.3. The van der Waals surface area contributed by atoms with Gasteiger partial charge >= 0.3 is 0 Å². The van der Waals surface area contributed by atoms with Gasteiger partial charge in [0.25, 0.3) is 11.8 Å². The topological polar surface area (TPSA) is 88.7 Å². The van der Waals surface area contributed by atoms with Gasteiger partial charge in [-0.3, -0.25) is 19.3 Å². The Bertz CT molecular complexity index is 913. The van der Waals surface area contributed by atoms with Crippen LogP contribution in [0.25, 0.3) is 0 Å². The number of amides is 2. The van der Waals surface area contributed by atoms with E-state index in [0.29, 0.717) is 23.4 Å². The molecule has 1 aliphatic heterocycles. The largest absolute Gasteiger partial charge is 0.488 e. The third-order valence-electron chi connectivity index (χ3n) is 4.51. The summed E-state index contributed by atoms with van der Waals surface area (Å²) in [7, 11) is 0. The summed E-state index contributed by atoms with van der Waals surface area (Å²) in [6, 6.07) is 8.21. The van der Waals surface area contributed by atoms with Crippen molar-refractivity contribution >= 4 is 11.8 Å². The van der Waals surface area contributed by atoms with E-state index in [1.807, 2.05) is 6.92 Å². The van der Waals surface area contributed by atoms with Gasteiger partial charge in [0.05, 0.1) is 36.5 Å². The van der Waals surface area contributed by atoms with E-state index in [0.717, 1.165) is 6.42 Å². The van der Waals surface area contributed by atoms with E-state index in [2.05, 4.69) is 4.98 Å². The van der Waals surface area contributed by atoms with Gasteiger partial charge in [-0.05, 0) is 32.4 Å². The SMILES string of the molecule is CCCOc1c[nH]c(COCC(C)(C)N2C(=O)c3ccccc3C2=O)cc1=O. The Morgan fingerprint density at radius 2 is 1.71 bits per heavy atom. The zero-order chi connectivity index (χ0) is 20.3.